The normalized spacial score (nSPS) is 13.1. The zero-order chi connectivity index (χ0) is 10.4. The molecule has 1 nitrogen and oxygen atoms in total. The van der Waals surface area contributed by atoms with E-state index >= 15 is 0 Å². The van der Waals surface area contributed by atoms with Gasteiger partial charge in [-0.2, -0.15) is 0 Å². The first-order valence-corrected chi connectivity index (χ1v) is 7.39. The molecular weight excluding hydrogens is 326 g/mol. The molecule has 0 aromatic carbocycles. The Labute approximate surface area is 107 Å². The van der Waals surface area contributed by atoms with Crippen molar-refractivity contribution in [1.82, 2.24) is 5.32 Å². The van der Waals surface area contributed by atoms with E-state index in [9.17, 15) is 0 Å². The van der Waals surface area contributed by atoms with Crippen LogP contribution in [0.2, 0.25) is 0 Å². The number of halogens is 2. The van der Waals surface area contributed by atoms with Crippen molar-refractivity contribution in [2.45, 2.75) is 31.1 Å². The molecule has 0 bridgehead atoms. The van der Waals surface area contributed by atoms with E-state index in [4.69, 9.17) is 0 Å². The molecule has 1 aromatic rings. The minimum Gasteiger partial charge on any atom is -0.312 e. The van der Waals surface area contributed by atoms with E-state index in [0.717, 1.165) is 13.1 Å². The fraction of sp³-hybridized carbons (Fsp3) is 0.600. The van der Waals surface area contributed by atoms with Crippen molar-refractivity contribution >= 4 is 43.2 Å². The summed E-state index contributed by atoms with van der Waals surface area (Å²) in [7, 11) is 0. The maximum Gasteiger partial charge on any atom is 0.0300 e. The SMILES string of the molecule is CCC(Br)CCNCc1cc(Br)cs1. The predicted molar refractivity (Wildman–Crippen MR) is 71.3 cm³/mol. The van der Waals surface area contributed by atoms with E-state index in [2.05, 4.69) is 55.5 Å². The van der Waals surface area contributed by atoms with Gasteiger partial charge in [0.25, 0.3) is 0 Å². The van der Waals surface area contributed by atoms with Crippen molar-refractivity contribution in [3.63, 3.8) is 0 Å². The van der Waals surface area contributed by atoms with Crippen LogP contribution in [0.15, 0.2) is 15.9 Å². The second-order valence-electron chi connectivity index (χ2n) is 3.20. The summed E-state index contributed by atoms with van der Waals surface area (Å²) in [5, 5.41) is 5.56. The molecule has 1 heterocycles. The van der Waals surface area contributed by atoms with E-state index in [1.54, 1.807) is 11.3 Å². The summed E-state index contributed by atoms with van der Waals surface area (Å²) in [5.41, 5.74) is 0. The molecular formula is C10H15Br2NS. The lowest BCUT2D eigenvalue weighted by Gasteiger charge is -2.06. The summed E-state index contributed by atoms with van der Waals surface area (Å²) in [4.78, 5) is 2.05. The molecule has 0 saturated heterocycles. The lowest BCUT2D eigenvalue weighted by Crippen LogP contribution is -2.16. The standard InChI is InChI=1S/C10H15Br2NS/c1-2-8(11)3-4-13-6-10-5-9(12)7-14-10/h5,7-8,13H,2-4,6H2,1H3. The summed E-state index contributed by atoms with van der Waals surface area (Å²) in [6.45, 7) is 4.27. The topological polar surface area (TPSA) is 12.0 Å². The lowest BCUT2D eigenvalue weighted by molar-refractivity contribution is 0.634. The van der Waals surface area contributed by atoms with E-state index in [-0.39, 0.29) is 0 Å². The zero-order valence-electron chi connectivity index (χ0n) is 8.22. The number of hydrogen-bond donors (Lipinski definition) is 1. The van der Waals surface area contributed by atoms with Crippen molar-refractivity contribution in [1.29, 1.82) is 0 Å². The number of alkyl halides is 1. The Kier molecular flexibility index (Phi) is 6.33. The van der Waals surface area contributed by atoms with Gasteiger partial charge < -0.3 is 5.32 Å². The number of nitrogens with one attached hydrogen (secondary N) is 1. The first-order chi connectivity index (χ1) is 6.72. The van der Waals surface area contributed by atoms with Crippen LogP contribution in [0.1, 0.15) is 24.6 Å². The molecule has 0 fully saturated rings. The van der Waals surface area contributed by atoms with Crippen LogP contribution in [0.4, 0.5) is 0 Å². The molecule has 0 saturated carbocycles. The third kappa shape index (κ3) is 4.91. The largest absolute Gasteiger partial charge is 0.312 e. The molecule has 1 atom stereocenters. The molecule has 0 radical (unpaired) electrons. The Morgan fingerprint density at radius 3 is 2.93 bits per heavy atom. The van der Waals surface area contributed by atoms with Crippen molar-refractivity contribution in [3.8, 4) is 0 Å². The third-order valence-corrected chi connectivity index (χ3v) is 4.80. The molecule has 14 heavy (non-hydrogen) atoms. The van der Waals surface area contributed by atoms with Crippen LogP contribution in [0.3, 0.4) is 0 Å². The minimum atomic E-state index is 0.657. The molecule has 0 aliphatic heterocycles. The Balaban J connectivity index is 2.10. The summed E-state index contributed by atoms with van der Waals surface area (Å²) < 4.78 is 1.19. The molecule has 0 spiro atoms. The van der Waals surface area contributed by atoms with Gasteiger partial charge in [0.15, 0.2) is 0 Å². The van der Waals surface area contributed by atoms with E-state index in [1.165, 1.54) is 22.2 Å². The van der Waals surface area contributed by atoms with Crippen LogP contribution in [-0.2, 0) is 6.54 Å². The van der Waals surface area contributed by atoms with E-state index < -0.39 is 0 Å². The van der Waals surface area contributed by atoms with Crippen molar-refractivity contribution in [3.05, 3.63) is 20.8 Å². The van der Waals surface area contributed by atoms with Gasteiger partial charge in [-0.3, -0.25) is 0 Å². The molecule has 1 unspecified atom stereocenters. The van der Waals surface area contributed by atoms with E-state index in [1.807, 2.05) is 0 Å². The van der Waals surface area contributed by atoms with Crippen LogP contribution >= 0.6 is 43.2 Å². The Morgan fingerprint density at radius 1 is 1.57 bits per heavy atom. The van der Waals surface area contributed by atoms with Crippen molar-refractivity contribution < 1.29 is 0 Å². The fourth-order valence-electron chi connectivity index (χ4n) is 1.12. The summed E-state index contributed by atoms with van der Waals surface area (Å²) in [6, 6.07) is 2.17. The average molecular weight is 341 g/mol. The van der Waals surface area contributed by atoms with Gasteiger partial charge in [-0.15, -0.1) is 11.3 Å². The van der Waals surface area contributed by atoms with Gasteiger partial charge in [0.1, 0.15) is 0 Å². The average Bonchev–Trinajstić information content (AvgIpc) is 2.58. The highest BCUT2D eigenvalue weighted by molar-refractivity contribution is 9.10. The summed E-state index contributed by atoms with van der Waals surface area (Å²) in [6.07, 6.45) is 2.40. The second kappa shape index (κ2) is 6.99. The van der Waals surface area contributed by atoms with Gasteiger partial charge in [-0.25, -0.2) is 0 Å². The number of thiophene rings is 1. The first kappa shape index (κ1) is 12.7. The van der Waals surface area contributed by atoms with Crippen LogP contribution in [0.5, 0.6) is 0 Å². The maximum absolute atomic E-state index is 3.62. The summed E-state index contributed by atoms with van der Waals surface area (Å²) in [5.74, 6) is 0. The van der Waals surface area contributed by atoms with Crippen LogP contribution in [0.25, 0.3) is 0 Å². The fourth-order valence-corrected chi connectivity index (χ4v) is 2.77. The minimum absolute atomic E-state index is 0.657. The van der Waals surface area contributed by atoms with Crippen LogP contribution in [0, 0.1) is 0 Å². The van der Waals surface area contributed by atoms with Gasteiger partial charge in [0.05, 0.1) is 0 Å². The molecule has 0 amide bonds. The molecule has 4 heteroatoms. The van der Waals surface area contributed by atoms with Crippen molar-refractivity contribution in [2.75, 3.05) is 6.54 Å². The van der Waals surface area contributed by atoms with Crippen LogP contribution in [-0.4, -0.2) is 11.4 Å². The molecule has 0 aliphatic rings. The molecule has 1 N–H and O–H groups in total. The van der Waals surface area contributed by atoms with Gasteiger partial charge in [-0.1, -0.05) is 22.9 Å². The van der Waals surface area contributed by atoms with Gasteiger partial charge >= 0.3 is 0 Å². The second-order valence-corrected chi connectivity index (χ2v) is 6.41. The highest BCUT2D eigenvalue weighted by Gasteiger charge is 2.00. The number of hydrogen-bond acceptors (Lipinski definition) is 2. The van der Waals surface area contributed by atoms with Crippen molar-refractivity contribution in [2.24, 2.45) is 0 Å². The first-order valence-electron chi connectivity index (χ1n) is 4.80. The summed E-state index contributed by atoms with van der Waals surface area (Å²) >= 11 is 8.87. The van der Waals surface area contributed by atoms with Crippen LogP contribution < -0.4 is 5.32 Å². The molecule has 1 rings (SSSR count). The molecule has 80 valence electrons. The predicted octanol–water partition coefficient (Wildman–Crippen LogP) is 4.16. The van der Waals surface area contributed by atoms with Gasteiger partial charge in [0.2, 0.25) is 0 Å². The van der Waals surface area contributed by atoms with E-state index in [0.29, 0.717) is 4.83 Å². The lowest BCUT2D eigenvalue weighted by atomic mass is 10.2. The third-order valence-electron chi connectivity index (χ3n) is 2.00. The Hall–Kier alpha value is 0.620. The smallest absolute Gasteiger partial charge is 0.0300 e. The highest BCUT2D eigenvalue weighted by Crippen LogP contribution is 2.19. The monoisotopic (exact) mass is 339 g/mol. The highest BCUT2D eigenvalue weighted by atomic mass is 79.9. The molecule has 0 aliphatic carbocycles. The quantitative estimate of drug-likeness (QED) is 0.605. The Morgan fingerprint density at radius 2 is 2.36 bits per heavy atom. The zero-order valence-corrected chi connectivity index (χ0v) is 12.2. The number of rotatable bonds is 6. The van der Waals surface area contributed by atoms with Gasteiger partial charge in [0, 0.05) is 26.1 Å². The molecule has 1 aromatic heterocycles. The maximum atomic E-state index is 3.62. The Bertz CT molecular complexity index is 262. The van der Waals surface area contributed by atoms with Gasteiger partial charge in [-0.05, 0) is 41.4 Å².